The van der Waals surface area contributed by atoms with Gasteiger partial charge >= 0.3 is 0 Å². The number of nitriles is 1. The Bertz CT molecular complexity index is 613. The van der Waals surface area contributed by atoms with Crippen LogP contribution in [0.1, 0.15) is 17.9 Å². The Kier molecular flexibility index (Phi) is 5.06. The van der Waals surface area contributed by atoms with E-state index in [2.05, 4.69) is 10.3 Å². The normalized spacial score (nSPS) is 10.3. The smallest absolute Gasteiger partial charge is 0.244 e. The Labute approximate surface area is 121 Å². The summed E-state index contributed by atoms with van der Waals surface area (Å²) in [6, 6.07) is 5.58. The van der Waals surface area contributed by atoms with E-state index in [4.69, 9.17) is 15.4 Å². The minimum Gasteiger partial charge on any atom is -0.467 e. The van der Waals surface area contributed by atoms with Gasteiger partial charge in [-0.15, -0.1) is 5.10 Å². The number of furan rings is 1. The van der Waals surface area contributed by atoms with Crippen molar-refractivity contribution in [3.63, 3.8) is 0 Å². The minimum atomic E-state index is -0.157. The number of nitrogens with zero attached hydrogens (tertiary/aromatic N) is 5. The van der Waals surface area contributed by atoms with Crippen LogP contribution >= 0.6 is 0 Å². The van der Waals surface area contributed by atoms with Gasteiger partial charge in [0, 0.05) is 13.1 Å². The molecule has 21 heavy (non-hydrogen) atoms. The maximum absolute atomic E-state index is 12.3. The molecule has 0 unspecified atom stereocenters. The molecule has 2 rings (SSSR count). The summed E-state index contributed by atoms with van der Waals surface area (Å²) >= 11 is 0. The summed E-state index contributed by atoms with van der Waals surface area (Å²) in [6.07, 6.45) is 3.44. The molecule has 8 heteroatoms. The number of nitrogens with two attached hydrogens (primary N) is 1. The van der Waals surface area contributed by atoms with Gasteiger partial charge in [-0.3, -0.25) is 4.79 Å². The standard InChI is InChI=1S/C13H16N6O2/c14-4-2-5-18(9-12-3-1-6-21-12)13(20)10-19-8-11(7-15)16-17-19/h1,3,6,8H,2,5,7,9-10,15H2. The van der Waals surface area contributed by atoms with Crippen molar-refractivity contribution in [2.24, 2.45) is 5.73 Å². The van der Waals surface area contributed by atoms with Crippen LogP contribution in [-0.2, 0) is 24.4 Å². The number of rotatable bonds is 7. The van der Waals surface area contributed by atoms with Crippen molar-refractivity contribution in [3.05, 3.63) is 36.0 Å². The van der Waals surface area contributed by atoms with Gasteiger partial charge in [0.15, 0.2) is 0 Å². The highest BCUT2D eigenvalue weighted by molar-refractivity contribution is 5.75. The van der Waals surface area contributed by atoms with Gasteiger partial charge in [0.1, 0.15) is 12.3 Å². The molecule has 110 valence electrons. The van der Waals surface area contributed by atoms with Crippen molar-refractivity contribution < 1.29 is 9.21 Å². The third kappa shape index (κ3) is 4.15. The highest BCUT2D eigenvalue weighted by Gasteiger charge is 2.16. The second-order valence-electron chi connectivity index (χ2n) is 4.41. The Hall–Kier alpha value is -2.66. The molecule has 0 atom stereocenters. The van der Waals surface area contributed by atoms with Gasteiger partial charge in [0.05, 0.1) is 37.2 Å². The molecule has 0 bridgehead atoms. The molecule has 0 aromatic carbocycles. The molecule has 0 saturated carbocycles. The number of hydrogen-bond acceptors (Lipinski definition) is 6. The van der Waals surface area contributed by atoms with Crippen molar-refractivity contribution in [2.45, 2.75) is 26.1 Å². The molecule has 2 N–H and O–H groups in total. The number of amides is 1. The Morgan fingerprint density at radius 3 is 3.05 bits per heavy atom. The maximum Gasteiger partial charge on any atom is 0.244 e. The van der Waals surface area contributed by atoms with Gasteiger partial charge in [-0.1, -0.05) is 5.21 Å². The molecule has 0 aliphatic rings. The Morgan fingerprint density at radius 2 is 2.43 bits per heavy atom. The van der Waals surface area contributed by atoms with Crippen LogP contribution in [0.15, 0.2) is 29.0 Å². The van der Waals surface area contributed by atoms with Crippen LogP contribution in [0, 0.1) is 11.3 Å². The lowest BCUT2D eigenvalue weighted by Gasteiger charge is -2.20. The first-order chi connectivity index (χ1) is 10.2. The lowest BCUT2D eigenvalue weighted by Crippen LogP contribution is -2.34. The van der Waals surface area contributed by atoms with E-state index in [1.165, 1.54) is 4.68 Å². The van der Waals surface area contributed by atoms with Crippen molar-refractivity contribution in [3.8, 4) is 6.07 Å². The summed E-state index contributed by atoms with van der Waals surface area (Å²) in [5.41, 5.74) is 6.07. The highest BCUT2D eigenvalue weighted by atomic mass is 16.3. The van der Waals surface area contributed by atoms with E-state index in [0.29, 0.717) is 24.5 Å². The first kappa shape index (κ1) is 14.7. The fourth-order valence-electron chi connectivity index (χ4n) is 1.82. The van der Waals surface area contributed by atoms with Gasteiger partial charge in [0.2, 0.25) is 5.91 Å². The van der Waals surface area contributed by atoms with Gasteiger partial charge in [-0.2, -0.15) is 5.26 Å². The number of hydrogen-bond donors (Lipinski definition) is 1. The fourth-order valence-corrected chi connectivity index (χ4v) is 1.82. The third-order valence-electron chi connectivity index (χ3n) is 2.87. The predicted octanol–water partition coefficient (Wildman–Crippen LogP) is 0.272. The van der Waals surface area contributed by atoms with Crippen LogP contribution in [-0.4, -0.2) is 32.3 Å². The SMILES string of the molecule is N#CCCN(Cc1ccco1)C(=O)Cn1cc(CN)nn1. The highest BCUT2D eigenvalue weighted by Crippen LogP contribution is 2.07. The summed E-state index contributed by atoms with van der Waals surface area (Å²) in [5, 5.41) is 16.4. The summed E-state index contributed by atoms with van der Waals surface area (Å²) in [4.78, 5) is 13.9. The van der Waals surface area contributed by atoms with E-state index in [9.17, 15) is 4.79 Å². The van der Waals surface area contributed by atoms with Crippen molar-refractivity contribution in [2.75, 3.05) is 6.54 Å². The monoisotopic (exact) mass is 288 g/mol. The van der Waals surface area contributed by atoms with E-state index in [1.54, 1.807) is 29.5 Å². The molecular formula is C13H16N6O2. The molecule has 8 nitrogen and oxygen atoms in total. The Balaban J connectivity index is 2.01. The van der Waals surface area contributed by atoms with E-state index >= 15 is 0 Å². The van der Waals surface area contributed by atoms with Crippen LogP contribution in [0.4, 0.5) is 0 Å². The van der Waals surface area contributed by atoms with Crippen LogP contribution in [0.2, 0.25) is 0 Å². The number of carbonyl (C=O) groups is 1. The molecule has 2 aromatic heterocycles. The minimum absolute atomic E-state index is 0.0547. The molecule has 2 aromatic rings. The summed E-state index contributed by atoms with van der Waals surface area (Å²) in [5.74, 6) is 0.512. The van der Waals surface area contributed by atoms with E-state index in [1.807, 2.05) is 6.07 Å². The molecule has 0 aliphatic carbocycles. The first-order valence-corrected chi connectivity index (χ1v) is 6.49. The topological polar surface area (TPSA) is 114 Å². The summed E-state index contributed by atoms with van der Waals surface area (Å²) in [7, 11) is 0. The lowest BCUT2D eigenvalue weighted by atomic mass is 10.3. The first-order valence-electron chi connectivity index (χ1n) is 6.49. The number of aromatic nitrogens is 3. The molecular weight excluding hydrogens is 272 g/mol. The van der Waals surface area contributed by atoms with Crippen LogP contribution in [0.5, 0.6) is 0 Å². The van der Waals surface area contributed by atoms with E-state index in [-0.39, 0.29) is 25.4 Å². The number of carbonyl (C=O) groups excluding carboxylic acids is 1. The van der Waals surface area contributed by atoms with Crippen LogP contribution in [0.3, 0.4) is 0 Å². The van der Waals surface area contributed by atoms with Gasteiger partial charge in [-0.05, 0) is 12.1 Å². The average Bonchev–Trinajstić information content (AvgIpc) is 3.14. The molecule has 0 saturated heterocycles. The van der Waals surface area contributed by atoms with Crippen LogP contribution < -0.4 is 5.73 Å². The molecule has 0 radical (unpaired) electrons. The zero-order valence-electron chi connectivity index (χ0n) is 11.5. The van der Waals surface area contributed by atoms with Gasteiger partial charge in [-0.25, -0.2) is 4.68 Å². The second-order valence-corrected chi connectivity index (χ2v) is 4.41. The molecule has 0 spiro atoms. The summed E-state index contributed by atoms with van der Waals surface area (Å²) < 4.78 is 6.67. The second kappa shape index (κ2) is 7.21. The van der Waals surface area contributed by atoms with Crippen LogP contribution in [0.25, 0.3) is 0 Å². The molecule has 1 amide bonds. The molecule has 0 aliphatic heterocycles. The van der Waals surface area contributed by atoms with E-state index < -0.39 is 0 Å². The molecule has 2 heterocycles. The quantitative estimate of drug-likeness (QED) is 0.782. The third-order valence-corrected chi connectivity index (χ3v) is 2.87. The van der Waals surface area contributed by atoms with Gasteiger partial charge < -0.3 is 15.1 Å². The average molecular weight is 288 g/mol. The Morgan fingerprint density at radius 1 is 1.57 bits per heavy atom. The lowest BCUT2D eigenvalue weighted by molar-refractivity contribution is -0.132. The molecule has 0 fully saturated rings. The van der Waals surface area contributed by atoms with Crippen molar-refractivity contribution in [1.29, 1.82) is 5.26 Å². The largest absolute Gasteiger partial charge is 0.467 e. The van der Waals surface area contributed by atoms with Gasteiger partial charge in [0.25, 0.3) is 0 Å². The fraction of sp³-hybridized carbons (Fsp3) is 0.385. The van der Waals surface area contributed by atoms with Crippen molar-refractivity contribution in [1.82, 2.24) is 19.9 Å². The zero-order chi connectivity index (χ0) is 15.1. The maximum atomic E-state index is 12.3. The van der Waals surface area contributed by atoms with Crippen molar-refractivity contribution >= 4 is 5.91 Å². The predicted molar refractivity (Wildman–Crippen MR) is 72.3 cm³/mol. The van der Waals surface area contributed by atoms with E-state index in [0.717, 1.165) is 0 Å². The zero-order valence-corrected chi connectivity index (χ0v) is 11.5. The summed E-state index contributed by atoms with van der Waals surface area (Å²) in [6.45, 7) is 0.998.